The van der Waals surface area contributed by atoms with E-state index in [1.165, 1.54) is 0 Å². The molecule has 4 N–H and O–H groups in total. The smallest absolute Gasteiger partial charge is 0.313 e. The second-order valence-corrected chi connectivity index (χ2v) is 6.82. The van der Waals surface area contributed by atoms with Crippen LogP contribution in [0.2, 0.25) is 0 Å². The molecular formula is C11H19O8PS. The van der Waals surface area contributed by atoms with E-state index < -0.39 is 31.8 Å². The minimum atomic E-state index is -0.932. The van der Waals surface area contributed by atoms with Crippen LogP contribution in [0.5, 0.6) is 0 Å². The van der Waals surface area contributed by atoms with Crippen molar-refractivity contribution in [3.63, 3.8) is 0 Å². The molecule has 0 aromatic rings. The Hall–Kier alpha value is -1.34. The van der Waals surface area contributed by atoms with Crippen LogP contribution in [0.15, 0.2) is 0 Å². The standard InChI is InChI=1S/C9H15O6P.C2H4O2S/c10-7(11)1-4-16(5-2-8(12)13)6-3-9(14)15;3-2(4)1-5/h1-6H2,(H,10,11)(H,12,13)(H,14,15);5H,1H2,(H,3,4). The molecule has 0 amide bonds. The van der Waals surface area contributed by atoms with Crippen LogP contribution >= 0.6 is 20.6 Å². The molecule has 0 aliphatic carbocycles. The number of aliphatic carboxylic acids is 4. The van der Waals surface area contributed by atoms with Crippen LogP contribution < -0.4 is 0 Å². The van der Waals surface area contributed by atoms with E-state index in [4.69, 9.17) is 20.4 Å². The average molecular weight is 342 g/mol. The van der Waals surface area contributed by atoms with E-state index >= 15 is 0 Å². The maximum Gasteiger partial charge on any atom is 0.313 e. The second kappa shape index (κ2) is 13.6. The van der Waals surface area contributed by atoms with Crippen LogP contribution in [0.4, 0.5) is 0 Å². The molecular weight excluding hydrogens is 323 g/mol. The minimum absolute atomic E-state index is 0.0229. The van der Waals surface area contributed by atoms with E-state index in [-0.39, 0.29) is 25.0 Å². The molecule has 0 bridgehead atoms. The Morgan fingerprint density at radius 1 is 0.667 bits per heavy atom. The number of carboxylic acid groups (broad SMARTS) is 4. The summed E-state index contributed by atoms with van der Waals surface area (Å²) in [4.78, 5) is 40.4. The fraction of sp³-hybridized carbons (Fsp3) is 0.636. The largest absolute Gasteiger partial charge is 0.481 e. The second-order valence-electron chi connectivity index (χ2n) is 3.82. The molecule has 0 spiro atoms. The Labute approximate surface area is 128 Å². The molecule has 0 unspecified atom stereocenters. The van der Waals surface area contributed by atoms with Crippen LogP contribution in [0.1, 0.15) is 19.3 Å². The highest BCUT2D eigenvalue weighted by molar-refractivity contribution is 7.81. The summed E-state index contributed by atoms with van der Waals surface area (Å²) in [6.45, 7) is 0. The maximum atomic E-state index is 10.4. The van der Waals surface area contributed by atoms with Crippen LogP contribution in [-0.4, -0.2) is 68.5 Å². The van der Waals surface area contributed by atoms with Gasteiger partial charge in [-0.25, -0.2) is 0 Å². The molecule has 0 saturated carbocycles. The predicted octanol–water partition coefficient (Wildman–Crippen LogP) is 0.893. The number of rotatable bonds is 10. The van der Waals surface area contributed by atoms with Crippen molar-refractivity contribution in [2.75, 3.05) is 24.2 Å². The molecule has 0 aliphatic heterocycles. The van der Waals surface area contributed by atoms with Crippen LogP contribution in [-0.2, 0) is 19.2 Å². The molecule has 122 valence electrons. The molecule has 0 aliphatic rings. The summed E-state index contributed by atoms with van der Waals surface area (Å²) in [5.41, 5.74) is 0. The summed E-state index contributed by atoms with van der Waals surface area (Å²) in [5, 5.41) is 33.1. The summed E-state index contributed by atoms with van der Waals surface area (Å²) in [5.74, 6) is -3.76. The van der Waals surface area contributed by atoms with E-state index in [0.717, 1.165) is 0 Å². The number of thiol groups is 1. The normalized spacial score (nSPS) is 9.62. The topological polar surface area (TPSA) is 149 Å². The van der Waals surface area contributed by atoms with Gasteiger partial charge in [-0.1, -0.05) is 0 Å². The SMILES string of the molecule is O=C(O)CCP(CCC(=O)O)CCC(=O)O.O=C(O)CS. The summed E-state index contributed by atoms with van der Waals surface area (Å²) < 4.78 is 0. The Morgan fingerprint density at radius 2 is 0.905 bits per heavy atom. The van der Waals surface area contributed by atoms with Crippen molar-refractivity contribution >= 4 is 44.4 Å². The molecule has 10 heteroatoms. The molecule has 0 heterocycles. The monoisotopic (exact) mass is 342 g/mol. The van der Waals surface area contributed by atoms with Crippen molar-refractivity contribution in [3.05, 3.63) is 0 Å². The summed E-state index contributed by atoms with van der Waals surface area (Å²) >= 11 is 3.42. The third-order valence-electron chi connectivity index (χ3n) is 2.06. The first-order valence-corrected chi connectivity index (χ1v) is 8.42. The Morgan fingerprint density at radius 3 is 1.05 bits per heavy atom. The van der Waals surface area contributed by atoms with Crippen molar-refractivity contribution < 1.29 is 39.6 Å². The fourth-order valence-electron chi connectivity index (χ4n) is 1.10. The van der Waals surface area contributed by atoms with E-state index in [9.17, 15) is 19.2 Å². The minimum Gasteiger partial charge on any atom is -0.481 e. The molecule has 21 heavy (non-hydrogen) atoms. The van der Waals surface area contributed by atoms with Crippen molar-refractivity contribution in [1.29, 1.82) is 0 Å². The number of carboxylic acids is 4. The van der Waals surface area contributed by atoms with Gasteiger partial charge in [-0.2, -0.15) is 12.6 Å². The highest BCUT2D eigenvalue weighted by Gasteiger charge is 2.13. The van der Waals surface area contributed by atoms with Gasteiger partial charge in [0.05, 0.1) is 5.75 Å². The molecule has 0 saturated heterocycles. The van der Waals surface area contributed by atoms with E-state index in [1.807, 2.05) is 0 Å². The van der Waals surface area contributed by atoms with E-state index in [1.54, 1.807) is 0 Å². The highest BCUT2D eigenvalue weighted by Crippen LogP contribution is 2.37. The van der Waals surface area contributed by atoms with Crippen molar-refractivity contribution in [1.82, 2.24) is 0 Å². The van der Waals surface area contributed by atoms with Gasteiger partial charge in [-0.3, -0.25) is 19.2 Å². The lowest BCUT2D eigenvalue weighted by molar-refractivity contribution is -0.137. The van der Waals surface area contributed by atoms with Crippen molar-refractivity contribution in [3.8, 4) is 0 Å². The first-order valence-electron chi connectivity index (χ1n) is 5.89. The lowest BCUT2D eigenvalue weighted by atomic mass is 10.5. The maximum absolute atomic E-state index is 10.4. The molecule has 0 rings (SSSR count). The lowest BCUT2D eigenvalue weighted by Gasteiger charge is -2.14. The van der Waals surface area contributed by atoms with Gasteiger partial charge >= 0.3 is 23.9 Å². The molecule has 0 radical (unpaired) electrons. The lowest BCUT2D eigenvalue weighted by Crippen LogP contribution is -2.07. The van der Waals surface area contributed by atoms with Gasteiger partial charge < -0.3 is 20.4 Å². The van der Waals surface area contributed by atoms with Gasteiger partial charge in [-0.05, 0) is 18.5 Å². The number of hydrogen-bond acceptors (Lipinski definition) is 5. The number of carbonyl (C=O) groups is 4. The first kappa shape index (κ1) is 21.9. The summed E-state index contributed by atoms with van der Waals surface area (Å²) in [6, 6.07) is 0. The first-order chi connectivity index (χ1) is 9.68. The predicted molar refractivity (Wildman–Crippen MR) is 79.8 cm³/mol. The summed E-state index contributed by atoms with van der Waals surface area (Å²) in [6.07, 6.45) is 1.11. The van der Waals surface area contributed by atoms with Gasteiger partial charge in [0.25, 0.3) is 0 Å². The highest BCUT2D eigenvalue weighted by atomic mass is 32.1. The molecule has 8 nitrogen and oxygen atoms in total. The quantitative estimate of drug-likeness (QED) is 0.290. The van der Waals surface area contributed by atoms with Crippen LogP contribution in [0, 0.1) is 0 Å². The van der Waals surface area contributed by atoms with Crippen molar-refractivity contribution in [2.45, 2.75) is 19.3 Å². The summed E-state index contributed by atoms with van der Waals surface area (Å²) in [7, 11) is -0.801. The Kier molecular flexibility index (Phi) is 14.3. The van der Waals surface area contributed by atoms with Gasteiger partial charge in [0.15, 0.2) is 0 Å². The third kappa shape index (κ3) is 21.1. The van der Waals surface area contributed by atoms with Gasteiger partial charge in [0.2, 0.25) is 0 Å². The number of hydrogen-bond donors (Lipinski definition) is 5. The average Bonchev–Trinajstić information content (AvgIpc) is 2.37. The van der Waals surface area contributed by atoms with Gasteiger partial charge in [0, 0.05) is 19.3 Å². The Balaban J connectivity index is 0. The molecule has 0 atom stereocenters. The van der Waals surface area contributed by atoms with Crippen LogP contribution in [0.25, 0.3) is 0 Å². The van der Waals surface area contributed by atoms with Gasteiger partial charge in [0.1, 0.15) is 0 Å². The van der Waals surface area contributed by atoms with E-state index in [2.05, 4.69) is 12.6 Å². The molecule has 0 fully saturated rings. The van der Waals surface area contributed by atoms with E-state index in [0.29, 0.717) is 18.5 Å². The van der Waals surface area contributed by atoms with Crippen molar-refractivity contribution in [2.24, 2.45) is 0 Å². The zero-order chi connectivity index (χ0) is 16.8. The zero-order valence-corrected chi connectivity index (χ0v) is 13.1. The van der Waals surface area contributed by atoms with Crippen LogP contribution in [0.3, 0.4) is 0 Å². The third-order valence-corrected chi connectivity index (χ3v) is 4.90. The zero-order valence-electron chi connectivity index (χ0n) is 11.3. The fourth-order valence-corrected chi connectivity index (χ4v) is 3.29. The molecule has 0 aromatic carbocycles. The van der Waals surface area contributed by atoms with Gasteiger partial charge in [-0.15, -0.1) is 7.92 Å². The Bertz CT molecular complexity index is 317. The molecule has 0 aromatic heterocycles.